The van der Waals surface area contributed by atoms with Crippen LogP contribution in [0.25, 0.3) is 45.1 Å². The fourth-order valence-electron chi connectivity index (χ4n) is 3.36. The number of para-hydroxylation sites is 1. The number of benzene rings is 4. The maximum absolute atomic E-state index is 9.69. The minimum atomic E-state index is 0.114. The zero-order chi connectivity index (χ0) is 23.7. The van der Waals surface area contributed by atoms with Crippen molar-refractivity contribution in [2.24, 2.45) is 0 Å². The third kappa shape index (κ3) is 4.20. The zero-order valence-electron chi connectivity index (χ0n) is 17.6. The van der Waals surface area contributed by atoms with Crippen LogP contribution in [0.2, 0.25) is 0 Å². The van der Waals surface area contributed by atoms with Crippen LogP contribution in [0.3, 0.4) is 0 Å². The Labute approximate surface area is 192 Å². The molecule has 6 rings (SSSR count). The van der Waals surface area contributed by atoms with Crippen molar-refractivity contribution in [3.05, 3.63) is 84.9 Å². The van der Waals surface area contributed by atoms with E-state index in [1.54, 1.807) is 72.8 Å². The number of rotatable bonds is 2. The van der Waals surface area contributed by atoms with Crippen molar-refractivity contribution < 1.29 is 29.3 Å². The van der Waals surface area contributed by atoms with Crippen LogP contribution in [0.5, 0.6) is 23.0 Å². The van der Waals surface area contributed by atoms with Gasteiger partial charge in [0.05, 0.1) is 5.56 Å². The van der Waals surface area contributed by atoms with E-state index in [0.717, 1.165) is 0 Å². The van der Waals surface area contributed by atoms with Crippen LogP contribution in [-0.2, 0) is 0 Å². The van der Waals surface area contributed by atoms with Gasteiger partial charge in [-0.15, -0.1) is 0 Å². The Balaban J connectivity index is 0.000000142. The lowest BCUT2D eigenvalue weighted by Crippen LogP contribution is -1.77. The molecule has 0 spiro atoms. The molecular weight excluding hydrogens is 436 g/mol. The Morgan fingerprint density at radius 3 is 1.76 bits per heavy atom. The molecule has 0 aliphatic carbocycles. The lowest BCUT2D eigenvalue weighted by molar-refractivity contribution is 0.472. The normalized spacial score (nSPS) is 10.8. The Kier molecular flexibility index (Phi) is 5.23. The third-order valence-electron chi connectivity index (χ3n) is 4.97. The molecule has 8 nitrogen and oxygen atoms in total. The van der Waals surface area contributed by atoms with Gasteiger partial charge in [-0.1, -0.05) is 18.2 Å². The SMILES string of the molecule is Oc1ccc2nc(-c3ccccc3O)oc2c1.Oc1cccc(-c2nc3ccc(O)cc3o2)c1. The quantitative estimate of drug-likeness (QED) is 0.258. The summed E-state index contributed by atoms with van der Waals surface area (Å²) in [7, 11) is 0. The van der Waals surface area contributed by atoms with E-state index in [4.69, 9.17) is 8.83 Å². The summed E-state index contributed by atoms with van der Waals surface area (Å²) in [6.07, 6.45) is 0. The van der Waals surface area contributed by atoms with Crippen molar-refractivity contribution in [1.82, 2.24) is 9.97 Å². The predicted octanol–water partition coefficient (Wildman–Crippen LogP) is 5.81. The molecule has 0 saturated heterocycles. The molecule has 2 heterocycles. The fraction of sp³-hybridized carbons (Fsp3) is 0. The predicted molar refractivity (Wildman–Crippen MR) is 126 cm³/mol. The molecule has 0 unspecified atom stereocenters. The number of nitrogens with zero attached hydrogens (tertiary/aromatic N) is 2. The summed E-state index contributed by atoms with van der Waals surface area (Å²) in [4.78, 5) is 8.52. The average Bonchev–Trinajstić information content (AvgIpc) is 3.43. The highest BCUT2D eigenvalue weighted by molar-refractivity contribution is 5.79. The van der Waals surface area contributed by atoms with E-state index in [9.17, 15) is 20.4 Å². The van der Waals surface area contributed by atoms with Crippen LogP contribution in [0.4, 0.5) is 0 Å². The fourth-order valence-corrected chi connectivity index (χ4v) is 3.36. The van der Waals surface area contributed by atoms with Gasteiger partial charge in [-0.3, -0.25) is 0 Å². The first-order valence-electron chi connectivity index (χ1n) is 10.2. The van der Waals surface area contributed by atoms with Crippen molar-refractivity contribution >= 4 is 22.2 Å². The summed E-state index contributed by atoms with van der Waals surface area (Å²) in [5.41, 5.74) is 3.54. The van der Waals surface area contributed by atoms with Gasteiger partial charge < -0.3 is 29.3 Å². The summed E-state index contributed by atoms with van der Waals surface area (Å²) in [5.74, 6) is 1.29. The number of hydrogen-bond acceptors (Lipinski definition) is 8. The average molecular weight is 454 g/mol. The van der Waals surface area contributed by atoms with Gasteiger partial charge in [0.1, 0.15) is 34.0 Å². The van der Waals surface area contributed by atoms with Crippen LogP contribution in [0, 0.1) is 0 Å². The number of phenols is 4. The monoisotopic (exact) mass is 454 g/mol. The maximum Gasteiger partial charge on any atom is 0.231 e. The van der Waals surface area contributed by atoms with Crippen molar-refractivity contribution in [2.75, 3.05) is 0 Å². The summed E-state index contributed by atoms with van der Waals surface area (Å²) in [6.45, 7) is 0. The smallest absolute Gasteiger partial charge is 0.231 e. The highest BCUT2D eigenvalue weighted by atomic mass is 16.4. The van der Waals surface area contributed by atoms with E-state index in [0.29, 0.717) is 45.1 Å². The molecule has 34 heavy (non-hydrogen) atoms. The minimum Gasteiger partial charge on any atom is -0.508 e. The molecule has 8 heteroatoms. The molecule has 168 valence electrons. The largest absolute Gasteiger partial charge is 0.508 e. The van der Waals surface area contributed by atoms with Crippen LogP contribution < -0.4 is 0 Å². The highest BCUT2D eigenvalue weighted by Gasteiger charge is 2.12. The maximum atomic E-state index is 9.69. The Morgan fingerprint density at radius 2 is 1.12 bits per heavy atom. The molecule has 0 radical (unpaired) electrons. The topological polar surface area (TPSA) is 133 Å². The van der Waals surface area contributed by atoms with E-state index in [-0.39, 0.29) is 23.0 Å². The van der Waals surface area contributed by atoms with Crippen LogP contribution in [-0.4, -0.2) is 30.4 Å². The summed E-state index contributed by atoms with van der Waals surface area (Å²) < 4.78 is 11.0. The molecule has 0 aliphatic heterocycles. The van der Waals surface area contributed by atoms with Crippen molar-refractivity contribution in [2.45, 2.75) is 0 Å². The Hall–Kier alpha value is -4.98. The van der Waals surface area contributed by atoms with Gasteiger partial charge >= 0.3 is 0 Å². The molecule has 0 aliphatic rings. The number of aromatic nitrogens is 2. The minimum absolute atomic E-state index is 0.114. The highest BCUT2D eigenvalue weighted by Crippen LogP contribution is 2.31. The van der Waals surface area contributed by atoms with E-state index in [1.807, 2.05) is 0 Å². The molecule has 0 fully saturated rings. The summed E-state index contributed by atoms with van der Waals surface area (Å²) in [5, 5.41) is 37.7. The Bertz CT molecular complexity index is 1620. The van der Waals surface area contributed by atoms with Gasteiger partial charge in [0.2, 0.25) is 11.8 Å². The first-order valence-corrected chi connectivity index (χ1v) is 10.2. The Morgan fingerprint density at radius 1 is 0.529 bits per heavy atom. The lowest BCUT2D eigenvalue weighted by Gasteiger charge is -1.97. The molecule has 6 aromatic rings. The standard InChI is InChI=1S/2C13H9NO3/c15-9-3-1-2-8(6-9)13-14-11-5-4-10(16)7-12(11)17-13;15-8-5-6-10-12(7-8)17-13(14-10)9-3-1-2-4-11(9)16/h2*1-7,15-16H. The first-order chi connectivity index (χ1) is 16.5. The van der Waals surface area contributed by atoms with Gasteiger partial charge in [0.15, 0.2) is 11.2 Å². The van der Waals surface area contributed by atoms with Gasteiger partial charge in [-0.2, -0.15) is 0 Å². The van der Waals surface area contributed by atoms with E-state index in [2.05, 4.69) is 9.97 Å². The molecule has 2 aromatic heterocycles. The second-order valence-electron chi connectivity index (χ2n) is 7.41. The van der Waals surface area contributed by atoms with E-state index in [1.165, 1.54) is 12.1 Å². The number of phenolic OH excluding ortho intramolecular Hbond substituents is 4. The van der Waals surface area contributed by atoms with E-state index >= 15 is 0 Å². The molecule has 0 saturated carbocycles. The first kappa shape index (κ1) is 20.9. The van der Waals surface area contributed by atoms with Gasteiger partial charge in [0, 0.05) is 17.7 Å². The number of oxazole rings is 2. The van der Waals surface area contributed by atoms with Gasteiger partial charge in [0.25, 0.3) is 0 Å². The molecule has 0 atom stereocenters. The van der Waals surface area contributed by atoms with Gasteiger partial charge in [-0.05, 0) is 54.6 Å². The second kappa shape index (κ2) is 8.51. The summed E-state index contributed by atoms with van der Waals surface area (Å²) >= 11 is 0. The molecule has 0 amide bonds. The second-order valence-corrected chi connectivity index (χ2v) is 7.41. The van der Waals surface area contributed by atoms with Crippen molar-refractivity contribution in [3.8, 4) is 45.9 Å². The molecule has 4 N–H and O–H groups in total. The number of fused-ring (bicyclic) bond motifs is 2. The lowest BCUT2D eigenvalue weighted by atomic mass is 10.2. The number of aromatic hydroxyl groups is 4. The molecular formula is C26H18N2O6. The number of hydrogen-bond donors (Lipinski definition) is 4. The third-order valence-corrected chi connectivity index (χ3v) is 4.97. The molecule has 4 aromatic carbocycles. The molecule has 0 bridgehead atoms. The van der Waals surface area contributed by atoms with E-state index < -0.39 is 0 Å². The van der Waals surface area contributed by atoms with Gasteiger partial charge in [-0.25, -0.2) is 9.97 Å². The zero-order valence-corrected chi connectivity index (χ0v) is 17.6. The van der Waals surface area contributed by atoms with Crippen LogP contribution in [0.15, 0.2) is 93.8 Å². The van der Waals surface area contributed by atoms with Crippen LogP contribution in [0.1, 0.15) is 0 Å². The van der Waals surface area contributed by atoms with Crippen molar-refractivity contribution in [1.29, 1.82) is 0 Å². The van der Waals surface area contributed by atoms with Crippen LogP contribution >= 0.6 is 0 Å². The van der Waals surface area contributed by atoms with Crippen molar-refractivity contribution in [3.63, 3.8) is 0 Å². The summed E-state index contributed by atoms with van der Waals surface area (Å²) in [6, 6.07) is 22.9.